The van der Waals surface area contributed by atoms with Crippen LogP contribution in [0.3, 0.4) is 0 Å². The Morgan fingerprint density at radius 2 is 1.88 bits per heavy atom. The van der Waals surface area contributed by atoms with Crippen LogP contribution in [0.15, 0.2) is 36.4 Å². The summed E-state index contributed by atoms with van der Waals surface area (Å²) in [5.41, 5.74) is 1.17. The average Bonchev–Trinajstić information content (AvgIpc) is 2.55. The minimum atomic E-state index is -0.796. The highest BCUT2D eigenvalue weighted by molar-refractivity contribution is 6.36. The normalized spacial score (nSPS) is 11.6. The molecule has 0 aromatic heterocycles. The van der Waals surface area contributed by atoms with E-state index in [9.17, 15) is 9.59 Å². The fourth-order valence-corrected chi connectivity index (χ4v) is 2.43. The van der Waals surface area contributed by atoms with Crippen molar-refractivity contribution < 1.29 is 19.1 Å². The molecule has 0 radical (unpaired) electrons. The van der Waals surface area contributed by atoms with Gasteiger partial charge in [0, 0.05) is 23.7 Å². The van der Waals surface area contributed by atoms with Crippen molar-refractivity contribution in [3.05, 3.63) is 52.0 Å². The van der Waals surface area contributed by atoms with E-state index in [2.05, 4.69) is 5.32 Å². The molecule has 0 bridgehead atoms. The third kappa shape index (κ3) is 5.11. The largest absolute Gasteiger partial charge is 0.479 e. The monoisotopic (exact) mass is 381 g/mol. The van der Waals surface area contributed by atoms with Crippen LogP contribution < -0.4 is 14.8 Å². The summed E-state index contributed by atoms with van der Waals surface area (Å²) in [5, 5.41) is 3.59. The zero-order valence-electron chi connectivity index (χ0n) is 13.9. The first-order valence-corrected chi connectivity index (χ1v) is 8.24. The number of hydrogen-bond acceptors (Lipinski definition) is 4. The minimum Gasteiger partial charge on any atom is -0.479 e. The van der Waals surface area contributed by atoms with Gasteiger partial charge in [0.1, 0.15) is 11.5 Å². The van der Waals surface area contributed by atoms with E-state index in [0.717, 1.165) is 0 Å². The summed E-state index contributed by atoms with van der Waals surface area (Å²) in [7, 11) is 0. The van der Waals surface area contributed by atoms with Gasteiger partial charge in [0.2, 0.25) is 0 Å². The summed E-state index contributed by atoms with van der Waals surface area (Å²) >= 11 is 12.2. The fraction of sp³-hybridized carbons (Fsp3) is 0.222. The summed E-state index contributed by atoms with van der Waals surface area (Å²) in [6.07, 6.45) is -0.796. The lowest BCUT2D eigenvalue weighted by Crippen LogP contribution is -2.30. The number of rotatable bonds is 5. The molecule has 5 nitrogen and oxygen atoms in total. The van der Waals surface area contributed by atoms with Crippen LogP contribution in [0.5, 0.6) is 11.5 Å². The van der Waals surface area contributed by atoms with Gasteiger partial charge in [-0.1, -0.05) is 29.3 Å². The molecular formula is C18H17Cl2NO4. The van der Waals surface area contributed by atoms with Crippen molar-refractivity contribution in [1.82, 2.24) is 0 Å². The van der Waals surface area contributed by atoms with Gasteiger partial charge in [0.15, 0.2) is 6.10 Å². The number of carbonyl (C=O) groups is 2. The molecule has 0 aliphatic heterocycles. The van der Waals surface area contributed by atoms with Crippen LogP contribution in [-0.2, 0) is 9.59 Å². The van der Waals surface area contributed by atoms with Crippen molar-refractivity contribution in [2.24, 2.45) is 0 Å². The lowest BCUT2D eigenvalue weighted by Gasteiger charge is -2.17. The highest BCUT2D eigenvalue weighted by Gasteiger charge is 2.18. The average molecular weight is 382 g/mol. The predicted molar refractivity (Wildman–Crippen MR) is 97.7 cm³/mol. The number of nitrogens with one attached hydrogen (secondary N) is 1. The topological polar surface area (TPSA) is 64.6 Å². The number of benzene rings is 2. The second-order valence-corrected chi connectivity index (χ2v) is 6.14. The van der Waals surface area contributed by atoms with Crippen LogP contribution in [0.1, 0.15) is 19.4 Å². The third-order valence-corrected chi connectivity index (χ3v) is 4.20. The fourth-order valence-electron chi connectivity index (χ4n) is 2.02. The maximum Gasteiger partial charge on any atom is 0.308 e. The maximum absolute atomic E-state index is 12.3. The molecule has 7 heteroatoms. The molecule has 2 aromatic carbocycles. The smallest absolute Gasteiger partial charge is 0.308 e. The second-order valence-electron chi connectivity index (χ2n) is 5.36. The van der Waals surface area contributed by atoms with E-state index < -0.39 is 12.1 Å². The molecule has 2 aromatic rings. The first-order valence-electron chi connectivity index (χ1n) is 7.48. The second kappa shape index (κ2) is 8.23. The molecule has 132 valence electrons. The quantitative estimate of drug-likeness (QED) is 0.605. The third-order valence-electron chi connectivity index (χ3n) is 3.32. The van der Waals surface area contributed by atoms with Crippen molar-refractivity contribution in [3.63, 3.8) is 0 Å². The van der Waals surface area contributed by atoms with Crippen LogP contribution in [-0.4, -0.2) is 18.0 Å². The van der Waals surface area contributed by atoms with Gasteiger partial charge in [0.25, 0.3) is 5.91 Å². The Kier molecular flexibility index (Phi) is 6.28. The standard InChI is InChI=1S/C18H17Cl2NO4/c1-10-15(19)7-8-16(17(10)20)24-11(2)18(23)21-13-5-4-6-14(9-13)25-12(3)22/h4-9,11H,1-3H3,(H,21,23). The van der Waals surface area contributed by atoms with E-state index in [1.807, 2.05) is 0 Å². The van der Waals surface area contributed by atoms with Gasteiger partial charge >= 0.3 is 5.97 Å². The minimum absolute atomic E-state index is 0.343. The maximum atomic E-state index is 12.3. The predicted octanol–water partition coefficient (Wildman–Crippen LogP) is 4.63. The molecule has 1 atom stereocenters. The summed E-state index contributed by atoms with van der Waals surface area (Å²) in [4.78, 5) is 23.3. The van der Waals surface area contributed by atoms with Gasteiger partial charge < -0.3 is 14.8 Å². The van der Waals surface area contributed by atoms with E-state index in [4.69, 9.17) is 32.7 Å². The zero-order valence-corrected chi connectivity index (χ0v) is 15.4. The molecule has 0 spiro atoms. The number of ether oxygens (including phenoxy) is 2. The molecule has 0 saturated heterocycles. The van der Waals surface area contributed by atoms with Crippen molar-refractivity contribution in [1.29, 1.82) is 0 Å². The SMILES string of the molecule is CC(=O)Oc1cccc(NC(=O)C(C)Oc2ccc(Cl)c(C)c2Cl)c1. The van der Waals surface area contributed by atoms with Crippen molar-refractivity contribution in [3.8, 4) is 11.5 Å². The van der Waals surface area contributed by atoms with Crippen LogP contribution in [0.25, 0.3) is 0 Å². The summed E-state index contributed by atoms with van der Waals surface area (Å²) in [5.74, 6) is -0.0910. The van der Waals surface area contributed by atoms with E-state index in [0.29, 0.717) is 32.8 Å². The Balaban J connectivity index is 2.06. The van der Waals surface area contributed by atoms with E-state index >= 15 is 0 Å². The lowest BCUT2D eigenvalue weighted by atomic mass is 10.2. The van der Waals surface area contributed by atoms with Crippen LogP contribution in [0, 0.1) is 6.92 Å². The number of anilines is 1. The Morgan fingerprint density at radius 3 is 2.56 bits per heavy atom. The van der Waals surface area contributed by atoms with Crippen LogP contribution in [0.2, 0.25) is 10.0 Å². The highest BCUT2D eigenvalue weighted by atomic mass is 35.5. The molecule has 1 amide bonds. The van der Waals surface area contributed by atoms with Gasteiger partial charge in [-0.15, -0.1) is 0 Å². The van der Waals surface area contributed by atoms with E-state index in [-0.39, 0.29) is 5.91 Å². The lowest BCUT2D eigenvalue weighted by molar-refractivity contribution is -0.131. The molecule has 1 N–H and O–H groups in total. The van der Waals surface area contributed by atoms with E-state index in [1.165, 1.54) is 6.92 Å². The van der Waals surface area contributed by atoms with Gasteiger partial charge in [-0.05, 0) is 43.7 Å². The summed E-state index contributed by atoms with van der Waals surface area (Å²) in [6, 6.07) is 9.78. The molecule has 1 unspecified atom stereocenters. The summed E-state index contributed by atoms with van der Waals surface area (Å²) in [6.45, 7) is 4.67. The molecule has 25 heavy (non-hydrogen) atoms. The molecule has 2 rings (SSSR count). The van der Waals surface area contributed by atoms with Gasteiger partial charge in [0.05, 0.1) is 5.02 Å². The molecule has 0 aliphatic rings. The highest BCUT2D eigenvalue weighted by Crippen LogP contribution is 2.33. The molecule has 0 heterocycles. The van der Waals surface area contributed by atoms with Crippen molar-refractivity contribution in [2.45, 2.75) is 26.9 Å². The van der Waals surface area contributed by atoms with Crippen molar-refractivity contribution >= 4 is 40.8 Å². The van der Waals surface area contributed by atoms with Gasteiger partial charge in [-0.25, -0.2) is 0 Å². The van der Waals surface area contributed by atoms with E-state index in [1.54, 1.807) is 50.2 Å². The first-order chi connectivity index (χ1) is 11.8. The Labute approximate surface area is 155 Å². The number of esters is 1. The molecular weight excluding hydrogens is 365 g/mol. The molecule has 0 fully saturated rings. The molecule has 0 aliphatic carbocycles. The Bertz CT molecular complexity index is 808. The summed E-state index contributed by atoms with van der Waals surface area (Å²) < 4.78 is 10.6. The zero-order chi connectivity index (χ0) is 18.6. The van der Waals surface area contributed by atoms with Crippen molar-refractivity contribution in [2.75, 3.05) is 5.32 Å². The Hall–Kier alpha value is -2.24. The van der Waals surface area contributed by atoms with Gasteiger partial charge in [-0.2, -0.15) is 0 Å². The molecule has 0 saturated carbocycles. The Morgan fingerprint density at radius 1 is 1.16 bits per heavy atom. The van der Waals surface area contributed by atoms with Gasteiger partial charge in [-0.3, -0.25) is 9.59 Å². The van der Waals surface area contributed by atoms with Crippen LogP contribution >= 0.6 is 23.2 Å². The number of carbonyl (C=O) groups excluding carboxylic acids is 2. The number of amides is 1. The number of hydrogen-bond donors (Lipinski definition) is 1. The number of halogens is 2. The first kappa shape index (κ1) is 19.1. The van der Waals surface area contributed by atoms with Crippen LogP contribution in [0.4, 0.5) is 5.69 Å².